The van der Waals surface area contributed by atoms with E-state index in [1.54, 1.807) is 0 Å². The highest BCUT2D eigenvalue weighted by Gasteiger charge is 2.00. The van der Waals surface area contributed by atoms with E-state index in [2.05, 4.69) is 49.9 Å². The number of hydrogen-bond donors (Lipinski definition) is 1. The van der Waals surface area contributed by atoms with Crippen LogP contribution < -0.4 is 0 Å². The highest BCUT2D eigenvalue weighted by Crippen LogP contribution is 2.20. The third-order valence-corrected chi connectivity index (χ3v) is 3.55. The van der Waals surface area contributed by atoms with Gasteiger partial charge in [-0.1, -0.05) is 25.1 Å². The van der Waals surface area contributed by atoms with Crippen molar-refractivity contribution in [1.29, 1.82) is 0 Å². The Morgan fingerprint density at radius 1 is 1.21 bits per heavy atom. The fraction of sp³-hybridized carbons (Fsp3) is 0.500. The van der Waals surface area contributed by atoms with Crippen LogP contribution in [0.2, 0.25) is 0 Å². The summed E-state index contributed by atoms with van der Waals surface area (Å²) in [6.07, 6.45) is 2.53. The molecule has 1 aromatic carbocycles. The number of thiol groups is 1. The Bertz CT molecular complexity index is 233. The maximum absolute atomic E-state index is 4.25. The molecule has 2 heteroatoms. The average Bonchev–Trinajstić information content (AvgIpc) is 2.20. The Hall–Kier alpha value is -0.0800. The zero-order valence-electron chi connectivity index (χ0n) is 8.65. The first-order chi connectivity index (χ1) is 6.83. The largest absolute Gasteiger partial charge is 0.179 e. The average molecular weight is 226 g/mol. The topological polar surface area (TPSA) is 0 Å². The van der Waals surface area contributed by atoms with Gasteiger partial charge in [-0.25, -0.2) is 0 Å². The van der Waals surface area contributed by atoms with Gasteiger partial charge in [0.15, 0.2) is 0 Å². The molecule has 0 amide bonds. The van der Waals surface area contributed by atoms with E-state index in [0.29, 0.717) is 0 Å². The quantitative estimate of drug-likeness (QED) is 0.562. The molecule has 0 spiro atoms. The van der Waals surface area contributed by atoms with Gasteiger partial charge in [0.2, 0.25) is 0 Å². The molecule has 0 aromatic heterocycles. The van der Waals surface area contributed by atoms with E-state index >= 15 is 0 Å². The van der Waals surface area contributed by atoms with Crippen molar-refractivity contribution in [2.75, 3.05) is 11.5 Å². The van der Waals surface area contributed by atoms with E-state index in [9.17, 15) is 0 Å². The minimum Gasteiger partial charge on any atom is -0.179 e. The van der Waals surface area contributed by atoms with Gasteiger partial charge in [0.25, 0.3) is 0 Å². The van der Waals surface area contributed by atoms with Crippen molar-refractivity contribution in [2.24, 2.45) is 5.92 Å². The highest BCUT2D eigenvalue weighted by atomic mass is 32.2. The molecule has 0 aliphatic heterocycles. The second-order valence-corrected chi connectivity index (χ2v) is 5.18. The van der Waals surface area contributed by atoms with Gasteiger partial charge >= 0.3 is 0 Å². The standard InChI is InChI=1S/C12H18S2/c1-11(7-9-13)8-10-14-12-5-3-2-4-6-12/h2-6,11,13H,7-10H2,1H3. The van der Waals surface area contributed by atoms with Gasteiger partial charge in [-0.2, -0.15) is 12.6 Å². The molecule has 1 atom stereocenters. The molecular weight excluding hydrogens is 208 g/mol. The molecule has 0 saturated carbocycles. The van der Waals surface area contributed by atoms with Gasteiger partial charge in [0.05, 0.1) is 0 Å². The normalized spacial score (nSPS) is 12.7. The molecule has 78 valence electrons. The van der Waals surface area contributed by atoms with Crippen LogP contribution in [0.15, 0.2) is 35.2 Å². The SMILES string of the molecule is CC(CCS)CCSc1ccccc1. The van der Waals surface area contributed by atoms with Crippen LogP contribution in [0.4, 0.5) is 0 Å². The molecule has 0 aliphatic carbocycles. The first-order valence-corrected chi connectivity index (χ1v) is 6.73. The molecular formula is C12H18S2. The van der Waals surface area contributed by atoms with Crippen molar-refractivity contribution < 1.29 is 0 Å². The Morgan fingerprint density at radius 2 is 1.93 bits per heavy atom. The molecule has 0 fully saturated rings. The molecule has 0 heterocycles. The van der Waals surface area contributed by atoms with Crippen molar-refractivity contribution in [3.05, 3.63) is 30.3 Å². The van der Waals surface area contributed by atoms with Crippen LogP contribution in [-0.2, 0) is 0 Å². The number of hydrogen-bond acceptors (Lipinski definition) is 2. The summed E-state index contributed by atoms with van der Waals surface area (Å²) in [4.78, 5) is 1.38. The van der Waals surface area contributed by atoms with E-state index in [-0.39, 0.29) is 0 Å². The van der Waals surface area contributed by atoms with Crippen molar-refractivity contribution in [1.82, 2.24) is 0 Å². The summed E-state index contributed by atoms with van der Waals surface area (Å²) in [7, 11) is 0. The monoisotopic (exact) mass is 226 g/mol. The lowest BCUT2D eigenvalue weighted by Gasteiger charge is -2.08. The van der Waals surface area contributed by atoms with Gasteiger partial charge in [-0.05, 0) is 42.4 Å². The molecule has 0 nitrogen and oxygen atoms in total. The summed E-state index contributed by atoms with van der Waals surface area (Å²) in [5.41, 5.74) is 0. The Morgan fingerprint density at radius 3 is 2.57 bits per heavy atom. The Balaban J connectivity index is 2.16. The lowest BCUT2D eigenvalue weighted by Crippen LogP contribution is -1.97. The predicted octanol–water partition coefficient (Wildman–Crippen LogP) is 4.12. The lowest BCUT2D eigenvalue weighted by atomic mass is 10.1. The summed E-state index contributed by atoms with van der Waals surface area (Å²) in [6, 6.07) is 10.6. The number of benzene rings is 1. The smallest absolute Gasteiger partial charge is 0.00719 e. The van der Waals surface area contributed by atoms with E-state index < -0.39 is 0 Å². The zero-order chi connectivity index (χ0) is 10.2. The molecule has 1 aromatic rings. The fourth-order valence-electron chi connectivity index (χ4n) is 1.26. The summed E-state index contributed by atoms with van der Waals surface area (Å²) >= 11 is 6.19. The van der Waals surface area contributed by atoms with Gasteiger partial charge in [-0.15, -0.1) is 11.8 Å². The fourth-order valence-corrected chi connectivity index (χ4v) is 2.81. The maximum atomic E-state index is 4.25. The van der Waals surface area contributed by atoms with Crippen molar-refractivity contribution in [3.63, 3.8) is 0 Å². The van der Waals surface area contributed by atoms with Gasteiger partial charge in [0.1, 0.15) is 0 Å². The third kappa shape index (κ3) is 4.97. The number of thioether (sulfide) groups is 1. The maximum Gasteiger partial charge on any atom is 0.00719 e. The van der Waals surface area contributed by atoms with Gasteiger partial charge < -0.3 is 0 Å². The zero-order valence-corrected chi connectivity index (χ0v) is 10.4. The molecule has 1 rings (SSSR count). The molecule has 14 heavy (non-hydrogen) atoms. The van der Waals surface area contributed by atoms with Crippen LogP contribution >= 0.6 is 24.4 Å². The second kappa shape index (κ2) is 7.24. The Kier molecular flexibility index (Phi) is 6.20. The van der Waals surface area contributed by atoms with Crippen molar-refractivity contribution in [2.45, 2.75) is 24.7 Å². The summed E-state index contributed by atoms with van der Waals surface area (Å²) in [5, 5.41) is 0. The summed E-state index contributed by atoms with van der Waals surface area (Å²) in [6.45, 7) is 2.31. The molecule has 0 bridgehead atoms. The molecule has 0 N–H and O–H groups in total. The number of rotatable bonds is 6. The van der Waals surface area contributed by atoms with E-state index in [1.807, 2.05) is 11.8 Å². The minimum atomic E-state index is 0.809. The Labute approximate surface area is 96.9 Å². The second-order valence-electron chi connectivity index (χ2n) is 3.57. The van der Waals surface area contributed by atoms with Gasteiger partial charge in [-0.3, -0.25) is 0 Å². The van der Waals surface area contributed by atoms with E-state index in [0.717, 1.165) is 11.7 Å². The highest BCUT2D eigenvalue weighted by molar-refractivity contribution is 7.99. The van der Waals surface area contributed by atoms with E-state index in [1.165, 1.54) is 23.5 Å². The van der Waals surface area contributed by atoms with Crippen LogP contribution in [0.1, 0.15) is 19.8 Å². The molecule has 0 aliphatic rings. The van der Waals surface area contributed by atoms with Crippen LogP contribution in [-0.4, -0.2) is 11.5 Å². The first kappa shape index (κ1) is 12.0. The summed E-state index contributed by atoms with van der Waals surface area (Å²) in [5.74, 6) is 3.04. The lowest BCUT2D eigenvalue weighted by molar-refractivity contribution is 0.554. The van der Waals surface area contributed by atoms with Crippen LogP contribution in [0.5, 0.6) is 0 Å². The van der Waals surface area contributed by atoms with Crippen molar-refractivity contribution in [3.8, 4) is 0 Å². The van der Waals surface area contributed by atoms with Crippen LogP contribution in [0, 0.1) is 5.92 Å². The molecule has 1 unspecified atom stereocenters. The molecule has 0 radical (unpaired) electrons. The van der Waals surface area contributed by atoms with E-state index in [4.69, 9.17) is 0 Å². The van der Waals surface area contributed by atoms with Crippen LogP contribution in [0.25, 0.3) is 0 Å². The molecule has 0 saturated heterocycles. The van der Waals surface area contributed by atoms with Crippen molar-refractivity contribution >= 4 is 24.4 Å². The third-order valence-electron chi connectivity index (χ3n) is 2.24. The van der Waals surface area contributed by atoms with Gasteiger partial charge in [0, 0.05) is 4.90 Å². The first-order valence-electron chi connectivity index (χ1n) is 5.11. The predicted molar refractivity (Wildman–Crippen MR) is 69.4 cm³/mol. The summed E-state index contributed by atoms with van der Waals surface area (Å²) < 4.78 is 0. The van der Waals surface area contributed by atoms with Crippen LogP contribution in [0.3, 0.4) is 0 Å². The minimum absolute atomic E-state index is 0.809.